The third-order valence-corrected chi connectivity index (χ3v) is 2.29. The minimum Gasteiger partial charge on any atom is -0.466 e. The molecule has 0 aromatic rings. The van der Waals surface area contributed by atoms with Gasteiger partial charge < -0.3 is 9.47 Å². The molecule has 0 rings (SSSR count). The Hall–Kier alpha value is -1.57. The Morgan fingerprint density at radius 1 is 1.00 bits per heavy atom. The predicted molar refractivity (Wildman–Crippen MR) is 65.5 cm³/mol. The first-order valence-corrected chi connectivity index (χ1v) is 6.39. The fourth-order valence-electron chi connectivity index (χ4n) is 1.41. The van der Waals surface area contributed by atoms with E-state index < -0.39 is 0 Å². The molecule has 0 atom stereocenters. The standard InChI is InChI=1S/C13H21NO4/c1-2-17-12(15)8-5-3-4-6-9-13(16)18-11-7-10-14/h2-9,11H2,1H3. The van der Waals surface area contributed by atoms with Gasteiger partial charge in [-0.25, -0.2) is 0 Å². The van der Waals surface area contributed by atoms with Gasteiger partial charge in [-0.1, -0.05) is 12.8 Å². The number of carbonyl (C=O) groups is 2. The Kier molecular flexibility index (Phi) is 10.9. The molecule has 0 saturated carbocycles. The van der Waals surface area contributed by atoms with Crippen molar-refractivity contribution < 1.29 is 19.1 Å². The van der Waals surface area contributed by atoms with Crippen molar-refractivity contribution in [3.63, 3.8) is 0 Å². The topological polar surface area (TPSA) is 76.4 Å². The van der Waals surface area contributed by atoms with E-state index in [1.54, 1.807) is 6.92 Å². The smallest absolute Gasteiger partial charge is 0.305 e. The Labute approximate surface area is 108 Å². The van der Waals surface area contributed by atoms with Crippen LogP contribution in [0.4, 0.5) is 0 Å². The van der Waals surface area contributed by atoms with E-state index in [0.717, 1.165) is 25.7 Å². The Bertz CT molecular complexity index is 283. The lowest BCUT2D eigenvalue weighted by Gasteiger charge is -2.03. The van der Waals surface area contributed by atoms with Crippen molar-refractivity contribution in [2.75, 3.05) is 13.2 Å². The van der Waals surface area contributed by atoms with Crippen LogP contribution in [0.1, 0.15) is 51.9 Å². The van der Waals surface area contributed by atoms with E-state index in [-0.39, 0.29) is 25.0 Å². The molecule has 0 aliphatic rings. The summed E-state index contributed by atoms with van der Waals surface area (Å²) < 4.78 is 9.63. The molecule has 0 fully saturated rings. The molecule has 102 valence electrons. The molecule has 0 amide bonds. The van der Waals surface area contributed by atoms with Gasteiger partial charge in [0.1, 0.15) is 6.61 Å². The molecule has 5 nitrogen and oxygen atoms in total. The second kappa shape index (κ2) is 11.9. The van der Waals surface area contributed by atoms with Gasteiger partial charge in [0.05, 0.1) is 19.1 Å². The van der Waals surface area contributed by atoms with Crippen LogP contribution in [0.15, 0.2) is 0 Å². The molecule has 0 aromatic carbocycles. The highest BCUT2D eigenvalue weighted by Gasteiger charge is 2.03. The van der Waals surface area contributed by atoms with Crippen LogP contribution in [-0.4, -0.2) is 25.2 Å². The number of ether oxygens (including phenoxy) is 2. The second-order valence-corrected chi connectivity index (χ2v) is 3.85. The van der Waals surface area contributed by atoms with Gasteiger partial charge >= 0.3 is 11.9 Å². The summed E-state index contributed by atoms with van der Waals surface area (Å²) in [7, 11) is 0. The Morgan fingerprint density at radius 3 is 2.06 bits per heavy atom. The molecule has 5 heteroatoms. The van der Waals surface area contributed by atoms with E-state index in [4.69, 9.17) is 14.7 Å². The molecule has 18 heavy (non-hydrogen) atoms. The first-order chi connectivity index (χ1) is 8.70. The maximum absolute atomic E-state index is 11.1. The van der Waals surface area contributed by atoms with Crippen LogP contribution in [0.2, 0.25) is 0 Å². The highest BCUT2D eigenvalue weighted by Crippen LogP contribution is 2.07. The van der Waals surface area contributed by atoms with Gasteiger partial charge in [0.2, 0.25) is 0 Å². The van der Waals surface area contributed by atoms with Crippen molar-refractivity contribution in [1.29, 1.82) is 5.26 Å². The van der Waals surface area contributed by atoms with Gasteiger partial charge in [-0.2, -0.15) is 5.26 Å². The molecule has 0 unspecified atom stereocenters. The zero-order valence-electron chi connectivity index (χ0n) is 10.9. The number of unbranched alkanes of at least 4 members (excludes halogenated alkanes) is 3. The lowest BCUT2D eigenvalue weighted by Crippen LogP contribution is -2.05. The molecule has 0 bridgehead atoms. The first kappa shape index (κ1) is 16.4. The van der Waals surface area contributed by atoms with E-state index in [1.165, 1.54) is 0 Å². The van der Waals surface area contributed by atoms with Crippen LogP contribution >= 0.6 is 0 Å². The van der Waals surface area contributed by atoms with E-state index in [1.807, 2.05) is 6.07 Å². The van der Waals surface area contributed by atoms with Crippen molar-refractivity contribution in [2.24, 2.45) is 0 Å². The van der Waals surface area contributed by atoms with Crippen molar-refractivity contribution >= 4 is 11.9 Å². The number of carbonyl (C=O) groups excluding carboxylic acids is 2. The molecule has 0 spiro atoms. The number of esters is 2. The van der Waals surface area contributed by atoms with Crippen LogP contribution in [0, 0.1) is 11.3 Å². The summed E-state index contributed by atoms with van der Waals surface area (Å²) in [5.41, 5.74) is 0. The third kappa shape index (κ3) is 10.9. The summed E-state index contributed by atoms with van der Waals surface area (Å²) in [4.78, 5) is 22.1. The van der Waals surface area contributed by atoms with Crippen LogP contribution in [0.3, 0.4) is 0 Å². The van der Waals surface area contributed by atoms with Crippen LogP contribution in [0.5, 0.6) is 0 Å². The van der Waals surface area contributed by atoms with E-state index in [0.29, 0.717) is 19.4 Å². The molecule has 0 N–H and O–H groups in total. The van der Waals surface area contributed by atoms with Gasteiger partial charge in [-0.3, -0.25) is 9.59 Å². The molecule has 0 radical (unpaired) electrons. The number of hydrogen-bond acceptors (Lipinski definition) is 5. The average Bonchev–Trinajstić information content (AvgIpc) is 2.34. The van der Waals surface area contributed by atoms with E-state index in [2.05, 4.69) is 0 Å². The summed E-state index contributed by atoms with van der Waals surface area (Å²) >= 11 is 0. The van der Waals surface area contributed by atoms with Crippen molar-refractivity contribution in [1.82, 2.24) is 0 Å². The quantitative estimate of drug-likeness (QED) is 0.442. The highest BCUT2D eigenvalue weighted by atomic mass is 16.5. The number of hydrogen-bond donors (Lipinski definition) is 0. The Balaban J connectivity index is 3.27. The highest BCUT2D eigenvalue weighted by molar-refractivity contribution is 5.69. The summed E-state index contributed by atoms with van der Waals surface area (Å²) in [5, 5.41) is 8.26. The number of nitriles is 1. The monoisotopic (exact) mass is 255 g/mol. The number of rotatable bonds is 10. The lowest BCUT2D eigenvalue weighted by atomic mass is 10.1. The zero-order valence-corrected chi connectivity index (χ0v) is 10.9. The first-order valence-electron chi connectivity index (χ1n) is 6.39. The fourth-order valence-corrected chi connectivity index (χ4v) is 1.41. The van der Waals surface area contributed by atoms with Crippen molar-refractivity contribution in [3.8, 4) is 6.07 Å². The summed E-state index contributed by atoms with van der Waals surface area (Å²) in [5.74, 6) is -0.413. The van der Waals surface area contributed by atoms with Crippen LogP contribution in [0.25, 0.3) is 0 Å². The van der Waals surface area contributed by atoms with Crippen LogP contribution in [-0.2, 0) is 19.1 Å². The maximum Gasteiger partial charge on any atom is 0.305 e. The minimum absolute atomic E-state index is 0.159. The van der Waals surface area contributed by atoms with Gasteiger partial charge in [-0.05, 0) is 19.8 Å². The van der Waals surface area contributed by atoms with Crippen molar-refractivity contribution in [3.05, 3.63) is 0 Å². The molecule has 0 heterocycles. The SMILES string of the molecule is CCOC(=O)CCCCCCC(=O)OCCC#N. The van der Waals surface area contributed by atoms with E-state index in [9.17, 15) is 9.59 Å². The molecular formula is C13H21NO4. The second-order valence-electron chi connectivity index (χ2n) is 3.85. The largest absolute Gasteiger partial charge is 0.466 e. The third-order valence-electron chi connectivity index (χ3n) is 2.29. The van der Waals surface area contributed by atoms with Gasteiger partial charge in [0.25, 0.3) is 0 Å². The minimum atomic E-state index is -0.254. The molecule has 0 aliphatic carbocycles. The van der Waals surface area contributed by atoms with Gasteiger partial charge in [0.15, 0.2) is 0 Å². The van der Waals surface area contributed by atoms with Crippen LogP contribution < -0.4 is 0 Å². The van der Waals surface area contributed by atoms with E-state index >= 15 is 0 Å². The molecule has 0 aromatic heterocycles. The van der Waals surface area contributed by atoms with Gasteiger partial charge in [-0.15, -0.1) is 0 Å². The summed E-state index contributed by atoms with van der Waals surface area (Å²) in [6.07, 6.45) is 4.42. The normalized spacial score (nSPS) is 9.56. The average molecular weight is 255 g/mol. The molecular weight excluding hydrogens is 234 g/mol. The lowest BCUT2D eigenvalue weighted by molar-refractivity contribution is -0.144. The molecule has 0 saturated heterocycles. The Morgan fingerprint density at radius 2 is 1.56 bits per heavy atom. The molecule has 0 aliphatic heterocycles. The van der Waals surface area contributed by atoms with Crippen molar-refractivity contribution in [2.45, 2.75) is 51.9 Å². The zero-order chi connectivity index (χ0) is 13.6. The summed E-state index contributed by atoms with van der Waals surface area (Å²) in [6.45, 7) is 2.39. The van der Waals surface area contributed by atoms with Gasteiger partial charge in [0, 0.05) is 12.8 Å². The fraction of sp³-hybridized carbons (Fsp3) is 0.769. The number of nitrogens with zero attached hydrogens (tertiary/aromatic N) is 1. The summed E-state index contributed by atoms with van der Waals surface area (Å²) in [6, 6.07) is 1.91. The maximum atomic E-state index is 11.1. The predicted octanol–water partition coefficient (Wildman–Crippen LogP) is 2.35.